The summed E-state index contributed by atoms with van der Waals surface area (Å²) >= 11 is 6.12. The highest BCUT2D eigenvalue weighted by Gasteiger charge is 2.34. The Balaban J connectivity index is 1.80. The van der Waals surface area contributed by atoms with E-state index in [1.165, 1.54) is 17.0 Å². The average molecular weight is 618 g/mol. The monoisotopic (exact) mass is 617 g/mol. The minimum Gasteiger partial charge on any atom is -0.355 e. The number of rotatable bonds is 12. The van der Waals surface area contributed by atoms with Gasteiger partial charge in [-0.25, -0.2) is 8.42 Å². The molecule has 7 nitrogen and oxygen atoms in total. The van der Waals surface area contributed by atoms with Gasteiger partial charge >= 0.3 is 0 Å². The maximum Gasteiger partial charge on any atom is 0.264 e. The summed E-state index contributed by atoms with van der Waals surface area (Å²) in [4.78, 5) is 29.5. The zero-order valence-electron chi connectivity index (χ0n) is 24.5. The van der Waals surface area contributed by atoms with Gasteiger partial charge in [-0.2, -0.15) is 0 Å². The molecule has 0 heterocycles. The van der Waals surface area contributed by atoms with E-state index in [4.69, 9.17) is 11.6 Å². The van der Waals surface area contributed by atoms with E-state index in [1.54, 1.807) is 36.4 Å². The number of halogens is 1. The van der Waals surface area contributed by atoms with Crippen molar-refractivity contribution in [2.45, 2.75) is 44.7 Å². The van der Waals surface area contributed by atoms with Crippen LogP contribution < -0.4 is 9.62 Å². The highest BCUT2D eigenvalue weighted by atomic mass is 35.5. The van der Waals surface area contributed by atoms with Gasteiger partial charge in [0.25, 0.3) is 10.0 Å². The zero-order chi connectivity index (χ0) is 31.0. The normalized spacial score (nSPS) is 11.9. The molecule has 0 radical (unpaired) electrons. The minimum absolute atomic E-state index is 0.0517. The summed E-state index contributed by atoms with van der Waals surface area (Å²) in [6, 6.07) is 29.0. The van der Waals surface area contributed by atoms with Crippen molar-refractivity contribution in [1.29, 1.82) is 0 Å². The summed E-state index contributed by atoms with van der Waals surface area (Å²) in [6.45, 7) is 5.62. The molecule has 0 saturated heterocycles. The first-order chi connectivity index (χ1) is 20.6. The second-order valence-corrected chi connectivity index (χ2v) is 12.6. The summed E-state index contributed by atoms with van der Waals surface area (Å²) in [6.07, 6.45) is 0.260. The van der Waals surface area contributed by atoms with Crippen LogP contribution in [0.15, 0.2) is 108 Å². The number of sulfonamides is 1. The van der Waals surface area contributed by atoms with Gasteiger partial charge in [-0.15, -0.1) is 0 Å². The molecule has 4 rings (SSSR count). The second-order valence-electron chi connectivity index (χ2n) is 10.3. The van der Waals surface area contributed by atoms with E-state index in [9.17, 15) is 18.0 Å². The van der Waals surface area contributed by atoms with Crippen molar-refractivity contribution in [2.24, 2.45) is 0 Å². The van der Waals surface area contributed by atoms with Crippen molar-refractivity contribution >= 4 is 39.1 Å². The molecule has 4 aromatic rings. The number of hydrogen-bond acceptors (Lipinski definition) is 4. The van der Waals surface area contributed by atoms with Crippen LogP contribution in [-0.2, 0) is 32.6 Å². The molecule has 9 heteroatoms. The van der Waals surface area contributed by atoms with Crippen molar-refractivity contribution in [1.82, 2.24) is 10.2 Å². The first-order valence-electron chi connectivity index (χ1n) is 14.1. The fourth-order valence-corrected chi connectivity index (χ4v) is 6.33. The number of hydrogen-bond donors (Lipinski definition) is 1. The molecule has 0 saturated carbocycles. The van der Waals surface area contributed by atoms with Crippen molar-refractivity contribution in [3.63, 3.8) is 0 Å². The number of carbonyl (C=O) groups excluding carboxylic acids is 2. The molecule has 0 aromatic heterocycles. The topological polar surface area (TPSA) is 86.8 Å². The molecule has 4 aromatic carbocycles. The van der Waals surface area contributed by atoms with E-state index in [-0.39, 0.29) is 29.5 Å². The molecular weight excluding hydrogens is 582 g/mol. The Bertz CT molecular complexity index is 1640. The molecule has 43 heavy (non-hydrogen) atoms. The molecule has 0 bridgehead atoms. The molecule has 1 N–H and O–H groups in total. The molecule has 0 fully saturated rings. The van der Waals surface area contributed by atoms with E-state index < -0.39 is 28.5 Å². The predicted octanol–water partition coefficient (Wildman–Crippen LogP) is 5.93. The van der Waals surface area contributed by atoms with Gasteiger partial charge in [-0.3, -0.25) is 13.9 Å². The largest absolute Gasteiger partial charge is 0.355 e. The lowest BCUT2D eigenvalue weighted by Crippen LogP contribution is -2.53. The number of aryl methyl sites for hydroxylation is 2. The Kier molecular flexibility index (Phi) is 10.6. The molecule has 224 valence electrons. The number of amides is 2. The summed E-state index contributed by atoms with van der Waals surface area (Å²) in [7, 11) is -4.17. The number of anilines is 1. The number of nitrogens with zero attached hydrogens (tertiary/aromatic N) is 2. The second kappa shape index (κ2) is 14.4. The fraction of sp³-hybridized carbons (Fsp3) is 0.235. The summed E-state index contributed by atoms with van der Waals surface area (Å²) in [5, 5.41) is 3.31. The van der Waals surface area contributed by atoms with Crippen LogP contribution in [-0.4, -0.2) is 44.3 Å². The molecular formula is C34H36ClN3O4S. The third-order valence-electron chi connectivity index (χ3n) is 7.23. The maximum absolute atomic E-state index is 14.4. The predicted molar refractivity (Wildman–Crippen MR) is 172 cm³/mol. The first-order valence-corrected chi connectivity index (χ1v) is 15.9. The van der Waals surface area contributed by atoms with Gasteiger partial charge in [0.2, 0.25) is 11.8 Å². The standard InChI is InChI=1S/C34H36ClN3O4S/c1-4-36-34(40)32(22-27-11-6-5-7-12-27)37(23-28-13-9-8-10-26(28)3)33(39)24-38(30-18-16-29(35)17-19-30)43(41,42)31-20-14-25(2)15-21-31/h5-21,32H,4,22-24H2,1-3H3,(H,36,40)/t32-/m1/s1. The Hall–Kier alpha value is -4.14. The van der Waals surface area contributed by atoms with Crippen LogP contribution in [0.2, 0.25) is 5.02 Å². The molecule has 0 aliphatic rings. The van der Waals surface area contributed by atoms with Crippen molar-refractivity contribution in [2.75, 3.05) is 17.4 Å². The summed E-state index contributed by atoms with van der Waals surface area (Å²) in [5.74, 6) is -0.825. The lowest BCUT2D eigenvalue weighted by Gasteiger charge is -2.34. The number of carbonyl (C=O) groups is 2. The van der Waals surface area contributed by atoms with Crippen LogP contribution in [0.5, 0.6) is 0 Å². The van der Waals surface area contributed by atoms with E-state index in [2.05, 4.69) is 5.32 Å². The van der Waals surface area contributed by atoms with Gasteiger partial charge in [-0.1, -0.05) is 83.9 Å². The van der Waals surface area contributed by atoms with Gasteiger partial charge in [-0.05, 0) is 73.9 Å². The highest BCUT2D eigenvalue weighted by Crippen LogP contribution is 2.27. The summed E-state index contributed by atoms with van der Waals surface area (Å²) < 4.78 is 29.2. The van der Waals surface area contributed by atoms with Crippen LogP contribution in [0.4, 0.5) is 5.69 Å². The van der Waals surface area contributed by atoms with Crippen LogP contribution in [0.1, 0.15) is 29.2 Å². The molecule has 0 aliphatic heterocycles. The zero-order valence-corrected chi connectivity index (χ0v) is 26.1. The Morgan fingerprint density at radius 3 is 2.09 bits per heavy atom. The molecule has 1 atom stereocenters. The van der Waals surface area contributed by atoms with Gasteiger partial charge in [0.1, 0.15) is 12.6 Å². The lowest BCUT2D eigenvalue weighted by atomic mass is 10.0. The van der Waals surface area contributed by atoms with E-state index >= 15 is 0 Å². The highest BCUT2D eigenvalue weighted by molar-refractivity contribution is 7.92. The third-order valence-corrected chi connectivity index (χ3v) is 9.27. The molecule has 0 aliphatic carbocycles. The van der Waals surface area contributed by atoms with E-state index in [0.29, 0.717) is 11.6 Å². The average Bonchev–Trinajstić information content (AvgIpc) is 3.00. The van der Waals surface area contributed by atoms with Gasteiger partial charge < -0.3 is 10.2 Å². The minimum atomic E-state index is -4.17. The smallest absolute Gasteiger partial charge is 0.264 e. The van der Waals surface area contributed by atoms with Crippen molar-refractivity contribution < 1.29 is 18.0 Å². The maximum atomic E-state index is 14.4. The van der Waals surface area contributed by atoms with Gasteiger partial charge in [0.05, 0.1) is 10.6 Å². The van der Waals surface area contributed by atoms with E-state index in [0.717, 1.165) is 26.6 Å². The van der Waals surface area contributed by atoms with Gasteiger partial charge in [0, 0.05) is 24.5 Å². The lowest BCUT2D eigenvalue weighted by molar-refractivity contribution is -0.140. The van der Waals surface area contributed by atoms with Crippen LogP contribution in [0.3, 0.4) is 0 Å². The molecule has 0 unspecified atom stereocenters. The first kappa shape index (κ1) is 31.8. The van der Waals surface area contributed by atoms with E-state index in [1.807, 2.05) is 75.4 Å². The van der Waals surface area contributed by atoms with Crippen LogP contribution in [0.25, 0.3) is 0 Å². The number of nitrogens with one attached hydrogen (secondary N) is 1. The fourth-order valence-electron chi connectivity index (χ4n) is 4.79. The van der Waals surface area contributed by atoms with Crippen LogP contribution in [0, 0.1) is 13.8 Å². The Morgan fingerprint density at radius 1 is 0.837 bits per heavy atom. The molecule has 2 amide bonds. The van der Waals surface area contributed by atoms with Crippen molar-refractivity contribution in [3.05, 3.63) is 130 Å². The number of benzene rings is 4. The van der Waals surface area contributed by atoms with Gasteiger partial charge in [0.15, 0.2) is 0 Å². The number of likely N-dealkylation sites (N-methyl/N-ethyl adjacent to an activating group) is 1. The molecule has 0 spiro atoms. The third kappa shape index (κ3) is 8.03. The van der Waals surface area contributed by atoms with Crippen molar-refractivity contribution in [3.8, 4) is 0 Å². The quantitative estimate of drug-likeness (QED) is 0.214. The Labute approximate surface area is 259 Å². The SMILES string of the molecule is CCNC(=O)[C@@H](Cc1ccccc1)N(Cc1ccccc1C)C(=O)CN(c1ccc(Cl)cc1)S(=O)(=O)c1ccc(C)cc1. The Morgan fingerprint density at radius 2 is 1.47 bits per heavy atom. The van der Waals surface area contributed by atoms with Crippen LogP contribution >= 0.6 is 11.6 Å². The summed E-state index contributed by atoms with van der Waals surface area (Å²) in [5.41, 5.74) is 3.88.